The lowest BCUT2D eigenvalue weighted by molar-refractivity contribution is 0.0696. The van der Waals surface area contributed by atoms with Gasteiger partial charge in [0, 0.05) is 11.1 Å². The maximum absolute atomic E-state index is 11.0. The number of carbonyl (C=O) groups is 1. The molecule has 3 N–H and O–H groups in total. The Bertz CT molecular complexity index is 790. The molecule has 19 heavy (non-hydrogen) atoms. The van der Waals surface area contributed by atoms with E-state index in [1.165, 1.54) is 16.8 Å². The minimum absolute atomic E-state index is 0.0869. The summed E-state index contributed by atoms with van der Waals surface area (Å²) in [5.74, 6) is -0.495. The molecule has 0 amide bonds. The molecule has 3 rings (SSSR count). The van der Waals surface area contributed by atoms with E-state index in [-0.39, 0.29) is 5.56 Å². The van der Waals surface area contributed by atoms with Crippen LogP contribution in [-0.2, 0) is 0 Å². The van der Waals surface area contributed by atoms with Gasteiger partial charge in [-0.1, -0.05) is 0 Å². The van der Waals surface area contributed by atoms with Crippen molar-refractivity contribution in [2.75, 3.05) is 5.73 Å². The second-order valence-electron chi connectivity index (χ2n) is 4.10. The SMILES string of the molecule is Cc1ccc(-c2nc3c(N)cc(C(=O)O)cn3n2)s1. The summed E-state index contributed by atoms with van der Waals surface area (Å²) in [5.41, 5.74) is 6.66. The molecule has 3 aromatic rings. The van der Waals surface area contributed by atoms with Crippen molar-refractivity contribution in [1.29, 1.82) is 0 Å². The zero-order valence-corrected chi connectivity index (χ0v) is 10.8. The molecule has 0 spiro atoms. The van der Waals surface area contributed by atoms with Gasteiger partial charge in [0.25, 0.3) is 0 Å². The van der Waals surface area contributed by atoms with Crippen molar-refractivity contribution in [3.8, 4) is 10.7 Å². The first-order valence-corrected chi connectivity index (χ1v) is 6.32. The van der Waals surface area contributed by atoms with E-state index in [2.05, 4.69) is 10.1 Å². The predicted molar refractivity (Wildman–Crippen MR) is 72.4 cm³/mol. The van der Waals surface area contributed by atoms with E-state index in [1.807, 2.05) is 19.1 Å². The predicted octanol–water partition coefficient (Wildman–Crippen LogP) is 2.05. The summed E-state index contributed by atoms with van der Waals surface area (Å²) in [6, 6.07) is 5.30. The molecule has 0 saturated heterocycles. The van der Waals surface area contributed by atoms with Gasteiger partial charge in [-0.05, 0) is 25.1 Å². The molecule has 0 aliphatic carbocycles. The normalized spacial score (nSPS) is 11.0. The van der Waals surface area contributed by atoms with E-state index >= 15 is 0 Å². The van der Waals surface area contributed by atoms with Crippen LogP contribution in [-0.4, -0.2) is 25.7 Å². The van der Waals surface area contributed by atoms with Crippen LogP contribution in [0.15, 0.2) is 24.4 Å². The number of pyridine rings is 1. The highest BCUT2D eigenvalue weighted by atomic mass is 32.1. The van der Waals surface area contributed by atoms with Crippen LogP contribution in [0, 0.1) is 6.92 Å². The number of anilines is 1. The molecule has 6 nitrogen and oxygen atoms in total. The minimum atomic E-state index is -1.04. The number of nitrogens with two attached hydrogens (primary N) is 1. The van der Waals surface area contributed by atoms with Gasteiger partial charge in [0.05, 0.1) is 16.1 Å². The Labute approximate surface area is 112 Å². The molecule has 0 atom stereocenters. The standard InChI is InChI=1S/C12H10N4O2S/c1-6-2-3-9(19-6)10-14-11-8(13)4-7(12(17)18)5-16(11)15-10/h2-5H,13H2,1H3,(H,17,18). The molecule has 0 aliphatic heterocycles. The van der Waals surface area contributed by atoms with Gasteiger partial charge in [-0.3, -0.25) is 0 Å². The summed E-state index contributed by atoms with van der Waals surface area (Å²) in [4.78, 5) is 17.4. The third-order valence-corrected chi connectivity index (χ3v) is 3.67. The minimum Gasteiger partial charge on any atom is -0.478 e. The second kappa shape index (κ2) is 4.06. The fraction of sp³-hybridized carbons (Fsp3) is 0.0833. The lowest BCUT2D eigenvalue weighted by atomic mass is 10.2. The summed E-state index contributed by atoms with van der Waals surface area (Å²) >= 11 is 1.58. The molecule has 0 aromatic carbocycles. The zero-order valence-electron chi connectivity index (χ0n) is 9.99. The quantitative estimate of drug-likeness (QED) is 0.746. The number of carboxylic acid groups (broad SMARTS) is 1. The average Bonchev–Trinajstić information content (AvgIpc) is 2.94. The molecule has 0 aliphatic rings. The molecule has 0 radical (unpaired) electrons. The van der Waals surface area contributed by atoms with E-state index in [1.54, 1.807) is 11.3 Å². The van der Waals surface area contributed by atoms with E-state index < -0.39 is 5.97 Å². The van der Waals surface area contributed by atoms with E-state index in [0.29, 0.717) is 17.2 Å². The Balaban J connectivity index is 2.20. The zero-order chi connectivity index (χ0) is 13.6. The summed E-state index contributed by atoms with van der Waals surface area (Å²) in [6.45, 7) is 2.00. The molecule has 3 aromatic heterocycles. The number of thiophene rings is 1. The molecule has 0 unspecified atom stereocenters. The number of nitrogens with zero attached hydrogens (tertiary/aromatic N) is 3. The van der Waals surface area contributed by atoms with Crippen molar-refractivity contribution in [3.05, 3.63) is 34.8 Å². The molecule has 0 bridgehead atoms. The first kappa shape index (κ1) is 11.7. The van der Waals surface area contributed by atoms with E-state index in [9.17, 15) is 4.79 Å². The van der Waals surface area contributed by atoms with Gasteiger partial charge in [-0.15, -0.1) is 16.4 Å². The van der Waals surface area contributed by atoms with Crippen LogP contribution >= 0.6 is 11.3 Å². The summed E-state index contributed by atoms with van der Waals surface area (Å²) in [7, 11) is 0. The number of aryl methyl sites for hydroxylation is 1. The molecular formula is C12H10N4O2S. The number of aromatic carboxylic acids is 1. The number of fused-ring (bicyclic) bond motifs is 1. The van der Waals surface area contributed by atoms with Gasteiger partial charge >= 0.3 is 5.97 Å². The van der Waals surface area contributed by atoms with Crippen LogP contribution in [0.1, 0.15) is 15.2 Å². The number of aromatic nitrogens is 3. The number of nitrogen functional groups attached to an aromatic ring is 1. The fourth-order valence-corrected chi connectivity index (χ4v) is 2.58. The molecule has 7 heteroatoms. The lowest BCUT2D eigenvalue weighted by Crippen LogP contribution is -2.02. The lowest BCUT2D eigenvalue weighted by Gasteiger charge is -1.98. The van der Waals surface area contributed by atoms with Crippen LogP contribution in [0.25, 0.3) is 16.3 Å². The Morgan fingerprint density at radius 3 is 2.89 bits per heavy atom. The highest BCUT2D eigenvalue weighted by Gasteiger charge is 2.13. The number of rotatable bonds is 2. The maximum atomic E-state index is 11.0. The van der Waals surface area contributed by atoms with Crippen molar-refractivity contribution < 1.29 is 9.90 Å². The Morgan fingerprint density at radius 1 is 1.47 bits per heavy atom. The van der Waals surface area contributed by atoms with E-state index in [0.717, 1.165) is 9.75 Å². The summed E-state index contributed by atoms with van der Waals surface area (Å²) in [6.07, 6.45) is 1.41. The van der Waals surface area contributed by atoms with Gasteiger partial charge in [0.2, 0.25) is 0 Å². The number of carboxylic acids is 1. The molecule has 0 fully saturated rings. The van der Waals surface area contributed by atoms with Crippen molar-refractivity contribution in [1.82, 2.24) is 14.6 Å². The number of hydrogen-bond donors (Lipinski definition) is 2. The molecule has 0 saturated carbocycles. The van der Waals surface area contributed by atoms with Crippen LogP contribution in [0.2, 0.25) is 0 Å². The van der Waals surface area contributed by atoms with Crippen molar-refractivity contribution in [3.63, 3.8) is 0 Å². The van der Waals surface area contributed by atoms with Crippen LogP contribution in [0.4, 0.5) is 5.69 Å². The first-order chi connectivity index (χ1) is 9.04. The molecular weight excluding hydrogens is 264 g/mol. The van der Waals surface area contributed by atoms with Gasteiger partial charge in [-0.25, -0.2) is 14.3 Å². The van der Waals surface area contributed by atoms with Crippen LogP contribution in [0.3, 0.4) is 0 Å². The number of hydrogen-bond acceptors (Lipinski definition) is 5. The fourth-order valence-electron chi connectivity index (χ4n) is 1.79. The smallest absolute Gasteiger partial charge is 0.337 e. The van der Waals surface area contributed by atoms with Gasteiger partial charge in [0.15, 0.2) is 11.5 Å². The monoisotopic (exact) mass is 274 g/mol. The maximum Gasteiger partial charge on any atom is 0.337 e. The second-order valence-corrected chi connectivity index (χ2v) is 5.39. The van der Waals surface area contributed by atoms with Gasteiger partial charge in [0.1, 0.15) is 0 Å². The highest BCUT2D eigenvalue weighted by Crippen LogP contribution is 2.26. The van der Waals surface area contributed by atoms with Crippen molar-refractivity contribution in [2.45, 2.75) is 6.92 Å². The Kier molecular flexibility index (Phi) is 2.49. The van der Waals surface area contributed by atoms with Gasteiger partial charge in [-0.2, -0.15) is 0 Å². The topological polar surface area (TPSA) is 93.5 Å². The summed E-state index contributed by atoms with van der Waals surface area (Å²) < 4.78 is 1.41. The molecule has 3 heterocycles. The Morgan fingerprint density at radius 2 is 2.26 bits per heavy atom. The third kappa shape index (κ3) is 1.93. The first-order valence-electron chi connectivity index (χ1n) is 5.50. The van der Waals surface area contributed by atoms with Crippen LogP contribution < -0.4 is 5.73 Å². The van der Waals surface area contributed by atoms with Crippen LogP contribution in [0.5, 0.6) is 0 Å². The molecule has 96 valence electrons. The highest BCUT2D eigenvalue weighted by molar-refractivity contribution is 7.15. The van der Waals surface area contributed by atoms with Crippen molar-refractivity contribution in [2.24, 2.45) is 0 Å². The van der Waals surface area contributed by atoms with Gasteiger partial charge < -0.3 is 10.8 Å². The van der Waals surface area contributed by atoms with Crippen molar-refractivity contribution >= 4 is 28.6 Å². The third-order valence-electron chi connectivity index (χ3n) is 2.67. The Hall–Kier alpha value is -2.41. The summed E-state index contributed by atoms with van der Waals surface area (Å²) in [5, 5.41) is 13.3. The van der Waals surface area contributed by atoms with E-state index in [4.69, 9.17) is 10.8 Å². The average molecular weight is 274 g/mol. The largest absolute Gasteiger partial charge is 0.478 e.